The summed E-state index contributed by atoms with van der Waals surface area (Å²) in [6.45, 7) is 5.61. The number of hydrogen-bond donors (Lipinski definition) is 1. The van der Waals surface area contributed by atoms with Gasteiger partial charge in [-0.05, 0) is 13.0 Å². The van der Waals surface area contributed by atoms with E-state index < -0.39 is 6.10 Å². The molecule has 0 radical (unpaired) electrons. The summed E-state index contributed by atoms with van der Waals surface area (Å²) >= 11 is 1.65. The number of thiazole rings is 1. The van der Waals surface area contributed by atoms with Crippen LogP contribution in [0.5, 0.6) is 0 Å². The highest BCUT2D eigenvalue weighted by Gasteiger charge is 2.19. The molecule has 1 atom stereocenters. The lowest BCUT2D eigenvalue weighted by Gasteiger charge is -2.27. The van der Waals surface area contributed by atoms with E-state index in [1.807, 2.05) is 16.3 Å². The van der Waals surface area contributed by atoms with Crippen LogP contribution in [0.2, 0.25) is 0 Å². The number of nitrogens with zero attached hydrogens (tertiary/aromatic N) is 4. The Balaban J connectivity index is 1.62. The molecule has 0 aliphatic carbocycles. The fourth-order valence-electron chi connectivity index (χ4n) is 2.37. The Kier molecular flexibility index (Phi) is 3.63. The molecule has 0 spiro atoms. The van der Waals surface area contributed by atoms with E-state index >= 15 is 0 Å². The second-order valence-corrected chi connectivity index (χ2v) is 5.68. The average molecular weight is 278 g/mol. The van der Waals surface area contributed by atoms with Crippen molar-refractivity contribution in [1.29, 1.82) is 0 Å². The number of aliphatic hydroxyl groups is 1. The minimum Gasteiger partial charge on any atom is -0.387 e. The van der Waals surface area contributed by atoms with E-state index in [0.717, 1.165) is 38.3 Å². The first-order valence-electron chi connectivity index (χ1n) is 6.56. The number of rotatable bonds is 4. The lowest BCUT2D eigenvalue weighted by atomic mass is 10.2. The van der Waals surface area contributed by atoms with Crippen LogP contribution in [-0.4, -0.2) is 37.9 Å². The Hall–Kier alpha value is -1.24. The molecular formula is C13H18N4OS. The highest BCUT2D eigenvalue weighted by molar-refractivity contribution is 7.07. The molecule has 2 aromatic rings. The monoisotopic (exact) mass is 278 g/mol. The predicted octanol–water partition coefficient (Wildman–Crippen LogP) is 1.45. The molecule has 19 heavy (non-hydrogen) atoms. The molecule has 0 fully saturated rings. The summed E-state index contributed by atoms with van der Waals surface area (Å²) in [4.78, 5) is 6.73. The topological polar surface area (TPSA) is 54.2 Å². The van der Waals surface area contributed by atoms with E-state index in [1.54, 1.807) is 18.3 Å². The first-order valence-corrected chi connectivity index (χ1v) is 7.51. The zero-order valence-electron chi connectivity index (χ0n) is 11.0. The second-order valence-electron chi connectivity index (χ2n) is 4.97. The highest BCUT2D eigenvalue weighted by atomic mass is 32.1. The van der Waals surface area contributed by atoms with Crippen LogP contribution < -0.4 is 0 Å². The minimum absolute atomic E-state index is 0.485. The van der Waals surface area contributed by atoms with Crippen molar-refractivity contribution in [2.45, 2.75) is 32.5 Å². The molecule has 1 aliphatic rings. The van der Waals surface area contributed by atoms with E-state index in [1.165, 1.54) is 11.4 Å². The molecule has 1 N–H and O–H groups in total. The third-order valence-electron chi connectivity index (χ3n) is 3.49. The molecule has 0 unspecified atom stereocenters. The number of hydrogen-bond acceptors (Lipinski definition) is 5. The van der Waals surface area contributed by atoms with Crippen LogP contribution in [0.25, 0.3) is 0 Å². The second kappa shape index (κ2) is 5.40. The Bertz CT molecular complexity index is 535. The van der Waals surface area contributed by atoms with Gasteiger partial charge in [0.25, 0.3) is 0 Å². The zero-order chi connectivity index (χ0) is 13.2. The van der Waals surface area contributed by atoms with E-state index in [-0.39, 0.29) is 0 Å². The van der Waals surface area contributed by atoms with Crippen molar-refractivity contribution >= 4 is 11.3 Å². The van der Waals surface area contributed by atoms with Crippen LogP contribution in [0.1, 0.15) is 30.1 Å². The van der Waals surface area contributed by atoms with Crippen molar-refractivity contribution in [3.63, 3.8) is 0 Å². The SMILES string of the molecule is C[C@H](O)c1cc2n(n1)CCN(CCc1cscn1)C2. The van der Waals surface area contributed by atoms with Crippen LogP contribution in [-0.2, 0) is 19.5 Å². The number of aromatic nitrogens is 3. The summed E-state index contributed by atoms with van der Waals surface area (Å²) in [5, 5.41) is 16.1. The highest BCUT2D eigenvalue weighted by Crippen LogP contribution is 2.18. The van der Waals surface area contributed by atoms with Gasteiger partial charge in [-0.1, -0.05) is 0 Å². The standard InChI is InChI=1S/C13H18N4OS/c1-10(18)13-6-12-7-16(4-5-17(12)15-13)3-2-11-8-19-9-14-11/h6,8-10,18H,2-5,7H2,1H3/t10-/m0/s1. The van der Waals surface area contributed by atoms with Gasteiger partial charge in [0.05, 0.1) is 35.2 Å². The van der Waals surface area contributed by atoms with Crippen molar-refractivity contribution in [1.82, 2.24) is 19.7 Å². The Morgan fingerprint density at radius 1 is 1.47 bits per heavy atom. The molecule has 5 nitrogen and oxygen atoms in total. The predicted molar refractivity (Wildman–Crippen MR) is 74.0 cm³/mol. The quantitative estimate of drug-likeness (QED) is 0.920. The molecule has 2 aromatic heterocycles. The van der Waals surface area contributed by atoms with Gasteiger partial charge in [-0.2, -0.15) is 5.10 Å². The van der Waals surface area contributed by atoms with Crippen molar-refractivity contribution < 1.29 is 5.11 Å². The van der Waals surface area contributed by atoms with E-state index in [9.17, 15) is 5.11 Å². The maximum Gasteiger partial charge on any atom is 0.0950 e. The molecule has 0 amide bonds. The fraction of sp³-hybridized carbons (Fsp3) is 0.538. The van der Waals surface area contributed by atoms with Gasteiger partial charge in [0.1, 0.15) is 0 Å². The minimum atomic E-state index is -0.485. The average Bonchev–Trinajstić information content (AvgIpc) is 3.04. The Labute approximate surface area is 116 Å². The summed E-state index contributed by atoms with van der Waals surface area (Å²) in [6, 6.07) is 2.01. The van der Waals surface area contributed by atoms with Crippen molar-refractivity contribution in [3.8, 4) is 0 Å². The molecule has 0 saturated heterocycles. The summed E-state index contributed by atoms with van der Waals surface area (Å²) in [5.74, 6) is 0. The third kappa shape index (κ3) is 2.86. The first-order chi connectivity index (χ1) is 9.22. The molecule has 0 saturated carbocycles. The Morgan fingerprint density at radius 3 is 3.11 bits per heavy atom. The maximum absolute atomic E-state index is 9.57. The van der Waals surface area contributed by atoms with E-state index in [0.29, 0.717) is 0 Å². The largest absolute Gasteiger partial charge is 0.387 e. The van der Waals surface area contributed by atoms with Gasteiger partial charge in [-0.15, -0.1) is 11.3 Å². The van der Waals surface area contributed by atoms with Gasteiger partial charge in [-0.3, -0.25) is 9.58 Å². The van der Waals surface area contributed by atoms with Crippen LogP contribution in [0.4, 0.5) is 0 Å². The van der Waals surface area contributed by atoms with E-state index in [2.05, 4.69) is 20.4 Å². The van der Waals surface area contributed by atoms with Gasteiger partial charge < -0.3 is 5.11 Å². The molecule has 3 rings (SSSR count). The molecular weight excluding hydrogens is 260 g/mol. The number of aliphatic hydroxyl groups excluding tert-OH is 1. The maximum atomic E-state index is 9.57. The van der Waals surface area contributed by atoms with Gasteiger partial charge in [-0.25, -0.2) is 4.98 Å². The molecule has 6 heteroatoms. The fourth-order valence-corrected chi connectivity index (χ4v) is 2.96. The smallest absolute Gasteiger partial charge is 0.0950 e. The summed E-state index contributed by atoms with van der Waals surface area (Å²) in [7, 11) is 0. The van der Waals surface area contributed by atoms with Crippen LogP contribution in [0, 0.1) is 0 Å². The molecule has 0 aromatic carbocycles. The molecule has 1 aliphatic heterocycles. The lowest BCUT2D eigenvalue weighted by molar-refractivity contribution is 0.190. The van der Waals surface area contributed by atoms with Gasteiger partial charge >= 0.3 is 0 Å². The summed E-state index contributed by atoms with van der Waals surface area (Å²) < 4.78 is 2.02. The zero-order valence-corrected chi connectivity index (χ0v) is 11.8. The van der Waals surface area contributed by atoms with Gasteiger partial charge in [0, 0.05) is 31.4 Å². The van der Waals surface area contributed by atoms with Crippen LogP contribution in [0.15, 0.2) is 17.0 Å². The third-order valence-corrected chi connectivity index (χ3v) is 4.13. The van der Waals surface area contributed by atoms with Crippen molar-refractivity contribution in [2.24, 2.45) is 0 Å². The van der Waals surface area contributed by atoms with E-state index in [4.69, 9.17) is 0 Å². The molecule has 3 heterocycles. The summed E-state index contributed by atoms with van der Waals surface area (Å²) in [5.41, 5.74) is 5.03. The lowest BCUT2D eigenvalue weighted by Crippen LogP contribution is -2.35. The molecule has 102 valence electrons. The van der Waals surface area contributed by atoms with Crippen molar-refractivity contribution in [3.05, 3.63) is 34.0 Å². The normalized spacial score (nSPS) is 17.4. The van der Waals surface area contributed by atoms with Crippen LogP contribution in [0.3, 0.4) is 0 Å². The van der Waals surface area contributed by atoms with Gasteiger partial charge in [0.15, 0.2) is 0 Å². The first kappa shape index (κ1) is 12.8. The molecule has 0 bridgehead atoms. The summed E-state index contributed by atoms with van der Waals surface area (Å²) in [6.07, 6.45) is 0.516. The van der Waals surface area contributed by atoms with Crippen molar-refractivity contribution in [2.75, 3.05) is 13.1 Å². The Morgan fingerprint density at radius 2 is 2.37 bits per heavy atom. The van der Waals surface area contributed by atoms with Gasteiger partial charge in [0.2, 0.25) is 0 Å². The van der Waals surface area contributed by atoms with Crippen LogP contribution >= 0.6 is 11.3 Å². The number of fused-ring (bicyclic) bond motifs is 1.